The molecule has 1 saturated heterocycles. The molecule has 1 aromatic carbocycles. The quantitative estimate of drug-likeness (QED) is 0.462. The average molecular weight is 513 g/mol. The number of hydrogen-bond acceptors (Lipinski definition) is 5. The van der Waals surface area contributed by atoms with E-state index in [2.05, 4.69) is 15.5 Å². The predicted octanol–water partition coefficient (Wildman–Crippen LogP) is 5.50. The van der Waals surface area contributed by atoms with Gasteiger partial charge in [-0.1, -0.05) is 0 Å². The van der Waals surface area contributed by atoms with Gasteiger partial charge in [-0.25, -0.2) is 17.8 Å². The molecule has 2 aliphatic heterocycles. The lowest BCUT2D eigenvalue weighted by molar-refractivity contribution is 0.0288. The normalized spacial score (nSPS) is 22.2. The molecule has 2 atom stereocenters. The van der Waals surface area contributed by atoms with Crippen molar-refractivity contribution in [2.45, 2.75) is 57.5 Å². The fourth-order valence-corrected chi connectivity index (χ4v) is 7.48. The molecular formula is C27H33FN4O3S. The van der Waals surface area contributed by atoms with Crippen LogP contribution in [0.3, 0.4) is 0 Å². The zero-order valence-corrected chi connectivity index (χ0v) is 22.1. The third kappa shape index (κ3) is 4.73. The fourth-order valence-electron chi connectivity index (χ4n) is 5.26. The van der Waals surface area contributed by atoms with Crippen LogP contribution in [0.1, 0.15) is 44.7 Å². The standard InChI is InChI=1S/C27H33FN4O3S/c1-18-14-29-15-23-25(18)20(12-19-8-10-31(16-19)26(33)35-27(2,3)4)17-32(23)22-7-6-21(28)13-24(22)36(34)11-5-9-30-36/h6-7,13-15,17,19H,5,8-12,16H2,1-4H3/t19-,36?/m0/s1. The van der Waals surface area contributed by atoms with E-state index < -0.39 is 21.1 Å². The van der Waals surface area contributed by atoms with E-state index in [1.54, 1.807) is 17.2 Å². The van der Waals surface area contributed by atoms with Crippen LogP contribution in [0, 0.1) is 18.7 Å². The molecule has 2 aliphatic rings. The molecule has 1 unspecified atom stereocenters. The molecule has 0 spiro atoms. The summed E-state index contributed by atoms with van der Waals surface area (Å²) in [6, 6.07) is 4.47. The van der Waals surface area contributed by atoms with Gasteiger partial charge in [0.05, 0.1) is 32.0 Å². The maximum atomic E-state index is 14.3. The molecule has 192 valence electrons. The van der Waals surface area contributed by atoms with Gasteiger partial charge in [-0.05, 0) is 82.2 Å². The third-order valence-corrected chi connectivity index (χ3v) is 9.29. The van der Waals surface area contributed by atoms with Crippen molar-refractivity contribution in [2.24, 2.45) is 10.3 Å². The van der Waals surface area contributed by atoms with Crippen LogP contribution in [0.15, 0.2) is 46.0 Å². The smallest absolute Gasteiger partial charge is 0.410 e. The Bertz CT molecular complexity index is 1450. The number of amides is 1. The van der Waals surface area contributed by atoms with E-state index in [1.807, 2.05) is 38.5 Å². The molecule has 0 radical (unpaired) electrons. The van der Waals surface area contributed by atoms with Crippen molar-refractivity contribution in [1.29, 1.82) is 0 Å². The van der Waals surface area contributed by atoms with Crippen LogP contribution in [-0.2, 0) is 20.9 Å². The van der Waals surface area contributed by atoms with Crippen molar-refractivity contribution in [3.8, 4) is 5.69 Å². The van der Waals surface area contributed by atoms with Crippen LogP contribution in [0.5, 0.6) is 0 Å². The third-order valence-electron chi connectivity index (χ3n) is 6.83. The van der Waals surface area contributed by atoms with Gasteiger partial charge in [0.25, 0.3) is 0 Å². The number of nitrogens with zero attached hydrogens (tertiary/aromatic N) is 4. The van der Waals surface area contributed by atoms with Crippen LogP contribution >= 0.6 is 0 Å². The highest BCUT2D eigenvalue weighted by molar-refractivity contribution is 7.94. The second-order valence-corrected chi connectivity index (χ2v) is 13.2. The maximum absolute atomic E-state index is 14.3. The molecule has 3 aromatic rings. The Morgan fingerprint density at radius 1 is 1.28 bits per heavy atom. The first-order valence-corrected chi connectivity index (χ1v) is 14.2. The summed E-state index contributed by atoms with van der Waals surface area (Å²) in [5.41, 5.74) is 3.22. The minimum atomic E-state index is -2.67. The number of aromatic nitrogens is 2. The van der Waals surface area contributed by atoms with Crippen LogP contribution < -0.4 is 0 Å². The molecule has 36 heavy (non-hydrogen) atoms. The highest BCUT2D eigenvalue weighted by atomic mass is 32.2. The van der Waals surface area contributed by atoms with E-state index in [0.29, 0.717) is 36.0 Å². The van der Waals surface area contributed by atoms with E-state index in [-0.39, 0.29) is 12.0 Å². The number of fused-ring (bicyclic) bond motifs is 1. The fraction of sp³-hybridized carbons (Fsp3) is 0.481. The summed E-state index contributed by atoms with van der Waals surface area (Å²) < 4.78 is 39.9. The summed E-state index contributed by atoms with van der Waals surface area (Å²) in [6.07, 6.45) is 7.85. The van der Waals surface area contributed by atoms with Crippen LogP contribution in [-0.4, -0.2) is 55.7 Å². The molecule has 1 amide bonds. The number of carbonyl (C=O) groups excluding carboxylic acids is 1. The summed E-state index contributed by atoms with van der Waals surface area (Å²) in [6.45, 7) is 9.50. The topological polar surface area (TPSA) is 76.8 Å². The molecule has 1 fully saturated rings. The second-order valence-electron chi connectivity index (χ2n) is 10.8. The lowest BCUT2D eigenvalue weighted by Gasteiger charge is -2.24. The van der Waals surface area contributed by atoms with Gasteiger partial charge in [0.15, 0.2) is 0 Å². The van der Waals surface area contributed by atoms with Gasteiger partial charge in [-0.3, -0.25) is 4.98 Å². The Morgan fingerprint density at radius 2 is 2.08 bits per heavy atom. The van der Waals surface area contributed by atoms with Crippen molar-refractivity contribution < 1.29 is 18.1 Å². The van der Waals surface area contributed by atoms with Crippen LogP contribution in [0.2, 0.25) is 0 Å². The summed E-state index contributed by atoms with van der Waals surface area (Å²) in [4.78, 5) is 19.2. The molecule has 2 aromatic heterocycles. The van der Waals surface area contributed by atoms with Crippen LogP contribution in [0.4, 0.5) is 9.18 Å². The predicted molar refractivity (Wildman–Crippen MR) is 139 cm³/mol. The average Bonchev–Trinajstić information content (AvgIpc) is 3.53. The molecule has 0 saturated carbocycles. The first-order chi connectivity index (χ1) is 17.0. The molecule has 0 aliphatic carbocycles. The number of benzene rings is 1. The van der Waals surface area contributed by atoms with Crippen molar-refractivity contribution in [3.63, 3.8) is 0 Å². The van der Waals surface area contributed by atoms with E-state index in [4.69, 9.17) is 4.74 Å². The summed E-state index contributed by atoms with van der Waals surface area (Å²) >= 11 is 0. The largest absolute Gasteiger partial charge is 0.444 e. The molecule has 5 rings (SSSR count). The van der Waals surface area contributed by atoms with Gasteiger partial charge in [-0.2, -0.15) is 0 Å². The van der Waals surface area contributed by atoms with Crippen LogP contribution in [0.25, 0.3) is 16.6 Å². The molecule has 9 heteroatoms. The zero-order chi connectivity index (χ0) is 25.7. The van der Waals surface area contributed by atoms with Crippen molar-refractivity contribution in [1.82, 2.24) is 14.5 Å². The van der Waals surface area contributed by atoms with Gasteiger partial charge in [0.1, 0.15) is 11.4 Å². The lowest BCUT2D eigenvalue weighted by Crippen LogP contribution is -2.35. The summed E-state index contributed by atoms with van der Waals surface area (Å²) in [5.74, 6) is 0.311. The number of rotatable bonds is 4. The number of aryl methyl sites for hydroxylation is 1. The minimum Gasteiger partial charge on any atom is -0.444 e. The first kappa shape index (κ1) is 24.7. The van der Waals surface area contributed by atoms with Gasteiger partial charge < -0.3 is 14.2 Å². The Balaban J connectivity index is 1.51. The second kappa shape index (κ2) is 9.18. The van der Waals surface area contributed by atoms with Crippen molar-refractivity contribution in [3.05, 3.63) is 53.7 Å². The molecule has 4 heterocycles. The molecule has 0 N–H and O–H groups in total. The van der Waals surface area contributed by atoms with E-state index in [9.17, 15) is 13.4 Å². The number of ether oxygens (including phenoxy) is 1. The Labute approximate surface area is 211 Å². The van der Waals surface area contributed by atoms with Crippen molar-refractivity contribution >= 4 is 26.7 Å². The number of likely N-dealkylation sites (tertiary alicyclic amines) is 1. The Hall–Kier alpha value is -2.94. The van der Waals surface area contributed by atoms with E-state index in [1.165, 1.54) is 12.1 Å². The summed E-state index contributed by atoms with van der Waals surface area (Å²) in [5, 5.41) is 1.09. The molecular weight excluding hydrogens is 479 g/mol. The van der Waals surface area contributed by atoms with Gasteiger partial charge in [0, 0.05) is 43.2 Å². The highest BCUT2D eigenvalue weighted by Gasteiger charge is 2.31. The maximum Gasteiger partial charge on any atom is 0.410 e. The number of halogens is 1. The number of carbonyl (C=O) groups is 1. The number of hydrogen-bond donors (Lipinski definition) is 0. The lowest BCUT2D eigenvalue weighted by atomic mass is 9.97. The van der Waals surface area contributed by atoms with E-state index in [0.717, 1.165) is 41.3 Å². The summed E-state index contributed by atoms with van der Waals surface area (Å²) in [7, 11) is -2.67. The van der Waals surface area contributed by atoms with Gasteiger partial charge in [-0.15, -0.1) is 0 Å². The SMILES string of the molecule is Cc1cncc2c1c(C[C@@H]1CCN(C(=O)OC(C)(C)C)C1)cn2-c1ccc(F)cc1S1(=O)=NCCC1. The number of pyridine rings is 1. The minimum absolute atomic E-state index is 0.271. The van der Waals surface area contributed by atoms with Gasteiger partial charge >= 0.3 is 6.09 Å². The highest BCUT2D eigenvalue weighted by Crippen LogP contribution is 2.34. The van der Waals surface area contributed by atoms with E-state index >= 15 is 0 Å². The monoisotopic (exact) mass is 512 g/mol. The van der Waals surface area contributed by atoms with Gasteiger partial charge in [0.2, 0.25) is 0 Å². The molecule has 7 nitrogen and oxygen atoms in total. The molecule has 0 bridgehead atoms. The first-order valence-electron chi connectivity index (χ1n) is 12.5. The Morgan fingerprint density at radius 3 is 2.81 bits per heavy atom. The van der Waals surface area contributed by atoms with Crippen molar-refractivity contribution in [2.75, 3.05) is 25.4 Å². The zero-order valence-electron chi connectivity index (χ0n) is 21.3. The Kier molecular flexibility index (Phi) is 6.31.